The largest absolute Gasteiger partial charge is 0.370 e. The van der Waals surface area contributed by atoms with E-state index in [0.29, 0.717) is 0 Å². The first-order valence-electron chi connectivity index (χ1n) is 7.86. The first kappa shape index (κ1) is 17.0. The second-order valence-corrected chi connectivity index (χ2v) is 6.58. The molecule has 3 nitrogen and oxygen atoms in total. The first-order chi connectivity index (χ1) is 9.40. The maximum atomic E-state index is 5.86. The van der Waals surface area contributed by atoms with E-state index >= 15 is 0 Å². The van der Waals surface area contributed by atoms with Gasteiger partial charge in [-0.15, -0.1) is 0 Å². The van der Waals surface area contributed by atoms with Crippen LogP contribution in [0.5, 0.6) is 0 Å². The minimum absolute atomic E-state index is 0.00354. The number of hydrogen-bond acceptors (Lipinski definition) is 3. The van der Waals surface area contributed by atoms with Crippen molar-refractivity contribution in [3.05, 3.63) is 24.0 Å². The molecule has 3 heteroatoms. The molecule has 0 aromatic carbocycles. The van der Waals surface area contributed by atoms with Crippen molar-refractivity contribution in [2.45, 2.75) is 53.5 Å². The highest BCUT2D eigenvalue weighted by Crippen LogP contribution is 2.18. The minimum atomic E-state index is 0.00354. The Morgan fingerprint density at radius 1 is 1.00 bits per heavy atom. The number of nitrogens with two attached hydrogens (primary N) is 1. The molecule has 0 radical (unpaired) electrons. The average Bonchev–Trinajstić information content (AvgIpc) is 2.38. The van der Waals surface area contributed by atoms with Gasteiger partial charge in [0.1, 0.15) is 0 Å². The number of hydrogen-bond donors (Lipinski definition) is 1. The third-order valence-corrected chi connectivity index (χ3v) is 3.56. The van der Waals surface area contributed by atoms with Crippen LogP contribution in [0, 0.1) is 11.8 Å². The van der Waals surface area contributed by atoms with Crippen molar-refractivity contribution >= 4 is 5.69 Å². The molecular weight excluding hydrogens is 246 g/mol. The molecule has 0 spiro atoms. The van der Waals surface area contributed by atoms with Crippen LogP contribution in [0.15, 0.2) is 18.3 Å². The third-order valence-electron chi connectivity index (χ3n) is 3.56. The molecule has 0 aliphatic rings. The molecule has 0 amide bonds. The summed E-state index contributed by atoms with van der Waals surface area (Å²) in [6.45, 7) is 13.3. The lowest BCUT2D eigenvalue weighted by molar-refractivity contribution is 0.535. The van der Waals surface area contributed by atoms with Crippen molar-refractivity contribution in [2.24, 2.45) is 17.6 Å². The van der Waals surface area contributed by atoms with Crippen molar-refractivity contribution < 1.29 is 0 Å². The van der Waals surface area contributed by atoms with Crippen molar-refractivity contribution in [3.63, 3.8) is 0 Å². The van der Waals surface area contributed by atoms with Gasteiger partial charge in [0.15, 0.2) is 0 Å². The summed E-state index contributed by atoms with van der Waals surface area (Å²) in [5.41, 5.74) is 8.04. The zero-order valence-electron chi connectivity index (χ0n) is 13.8. The fourth-order valence-corrected chi connectivity index (χ4v) is 2.05. The summed E-state index contributed by atoms with van der Waals surface area (Å²) in [7, 11) is 0. The van der Waals surface area contributed by atoms with Gasteiger partial charge in [0.25, 0.3) is 0 Å². The summed E-state index contributed by atoms with van der Waals surface area (Å²) in [5.74, 6) is 1.46. The number of pyridine rings is 1. The van der Waals surface area contributed by atoms with E-state index in [1.54, 1.807) is 0 Å². The lowest BCUT2D eigenvalue weighted by Crippen LogP contribution is -2.27. The standard InChI is InChI=1S/C17H31N3/c1-13(2)8-10-20(11-9-14(3)4)16-6-7-17(15(5)18)19-12-16/h6-7,12-15H,8-11,18H2,1-5H3/t15-/m1/s1. The Morgan fingerprint density at radius 2 is 1.55 bits per heavy atom. The highest BCUT2D eigenvalue weighted by Gasteiger charge is 2.10. The summed E-state index contributed by atoms with van der Waals surface area (Å²) in [4.78, 5) is 6.94. The topological polar surface area (TPSA) is 42.1 Å². The SMILES string of the molecule is CC(C)CCN(CCC(C)C)c1ccc([C@@H](C)N)nc1. The van der Waals surface area contributed by atoms with Crippen LogP contribution >= 0.6 is 0 Å². The van der Waals surface area contributed by atoms with Gasteiger partial charge in [-0.2, -0.15) is 0 Å². The van der Waals surface area contributed by atoms with Gasteiger partial charge >= 0.3 is 0 Å². The highest BCUT2D eigenvalue weighted by atomic mass is 15.1. The van der Waals surface area contributed by atoms with Gasteiger partial charge in [-0.3, -0.25) is 4.98 Å². The molecule has 0 aliphatic carbocycles. The summed E-state index contributed by atoms with van der Waals surface area (Å²) >= 11 is 0. The first-order valence-corrected chi connectivity index (χ1v) is 7.86. The fourth-order valence-electron chi connectivity index (χ4n) is 2.05. The maximum absolute atomic E-state index is 5.86. The molecule has 0 saturated carbocycles. The Bertz CT molecular complexity index is 356. The fraction of sp³-hybridized carbons (Fsp3) is 0.706. The molecule has 0 fully saturated rings. The average molecular weight is 277 g/mol. The Hall–Kier alpha value is -1.09. The molecule has 1 atom stereocenters. The maximum Gasteiger partial charge on any atom is 0.0569 e. The molecule has 2 N–H and O–H groups in total. The van der Waals surface area contributed by atoms with E-state index < -0.39 is 0 Å². The molecule has 20 heavy (non-hydrogen) atoms. The van der Waals surface area contributed by atoms with Gasteiger partial charge in [0.05, 0.1) is 17.6 Å². The lowest BCUT2D eigenvalue weighted by atomic mass is 10.1. The van der Waals surface area contributed by atoms with Crippen LogP contribution in [0.25, 0.3) is 0 Å². The quantitative estimate of drug-likeness (QED) is 0.781. The van der Waals surface area contributed by atoms with Crippen LogP contribution in [0.4, 0.5) is 5.69 Å². The van der Waals surface area contributed by atoms with Crippen LogP contribution in [0.1, 0.15) is 59.2 Å². The molecule has 1 aromatic rings. The predicted octanol–water partition coefficient (Wildman–Crippen LogP) is 4.00. The van der Waals surface area contributed by atoms with E-state index in [2.05, 4.69) is 49.7 Å². The number of aromatic nitrogens is 1. The second kappa shape index (κ2) is 8.25. The van der Waals surface area contributed by atoms with Crippen LogP contribution < -0.4 is 10.6 Å². The zero-order valence-corrected chi connectivity index (χ0v) is 13.8. The summed E-state index contributed by atoms with van der Waals surface area (Å²) in [5, 5.41) is 0. The van der Waals surface area contributed by atoms with Gasteiger partial charge in [0, 0.05) is 19.1 Å². The van der Waals surface area contributed by atoms with E-state index in [9.17, 15) is 0 Å². The van der Waals surface area contributed by atoms with Crippen LogP contribution in [0.3, 0.4) is 0 Å². The van der Waals surface area contributed by atoms with Crippen molar-refractivity contribution in [2.75, 3.05) is 18.0 Å². The smallest absolute Gasteiger partial charge is 0.0569 e. The number of anilines is 1. The molecule has 1 heterocycles. The highest BCUT2D eigenvalue weighted by molar-refractivity contribution is 5.44. The molecule has 0 saturated heterocycles. The van der Waals surface area contributed by atoms with E-state index in [-0.39, 0.29) is 6.04 Å². The Labute approximate surface area is 124 Å². The lowest BCUT2D eigenvalue weighted by Gasteiger charge is -2.26. The van der Waals surface area contributed by atoms with Crippen molar-refractivity contribution in [3.8, 4) is 0 Å². The molecule has 0 unspecified atom stereocenters. The van der Waals surface area contributed by atoms with Gasteiger partial charge in [-0.25, -0.2) is 0 Å². The second-order valence-electron chi connectivity index (χ2n) is 6.58. The van der Waals surface area contributed by atoms with Crippen LogP contribution in [-0.2, 0) is 0 Å². The summed E-state index contributed by atoms with van der Waals surface area (Å²) < 4.78 is 0. The van der Waals surface area contributed by atoms with E-state index in [0.717, 1.165) is 30.6 Å². The van der Waals surface area contributed by atoms with E-state index in [4.69, 9.17) is 5.73 Å². The van der Waals surface area contributed by atoms with E-state index in [1.807, 2.05) is 13.1 Å². The molecule has 0 aliphatic heterocycles. The van der Waals surface area contributed by atoms with Gasteiger partial charge < -0.3 is 10.6 Å². The normalized spacial score (nSPS) is 13.0. The van der Waals surface area contributed by atoms with Crippen LogP contribution in [0.2, 0.25) is 0 Å². The molecular formula is C17H31N3. The van der Waals surface area contributed by atoms with Gasteiger partial charge in [0.2, 0.25) is 0 Å². The zero-order chi connectivity index (χ0) is 15.1. The van der Waals surface area contributed by atoms with Crippen LogP contribution in [-0.4, -0.2) is 18.1 Å². The number of nitrogens with zero attached hydrogens (tertiary/aromatic N) is 2. The molecule has 1 rings (SSSR count). The molecule has 1 aromatic heterocycles. The monoisotopic (exact) mass is 277 g/mol. The molecule has 0 bridgehead atoms. The Balaban J connectivity index is 2.74. The van der Waals surface area contributed by atoms with Gasteiger partial charge in [-0.1, -0.05) is 27.7 Å². The Kier molecular flexibility index (Phi) is 7.00. The van der Waals surface area contributed by atoms with Gasteiger partial charge in [-0.05, 0) is 43.7 Å². The number of rotatable bonds is 8. The van der Waals surface area contributed by atoms with Crippen molar-refractivity contribution in [1.29, 1.82) is 0 Å². The summed E-state index contributed by atoms with van der Waals surface area (Å²) in [6.07, 6.45) is 4.40. The predicted molar refractivity (Wildman–Crippen MR) is 88.0 cm³/mol. The summed E-state index contributed by atoms with van der Waals surface area (Å²) in [6, 6.07) is 4.22. The van der Waals surface area contributed by atoms with Crippen molar-refractivity contribution in [1.82, 2.24) is 4.98 Å². The molecule has 114 valence electrons. The third kappa shape index (κ3) is 5.91. The Morgan fingerprint density at radius 3 is 1.90 bits per heavy atom. The minimum Gasteiger partial charge on any atom is -0.370 e. The van der Waals surface area contributed by atoms with E-state index in [1.165, 1.54) is 18.5 Å².